The molecule has 0 aromatic heterocycles. The lowest BCUT2D eigenvalue weighted by molar-refractivity contribution is -0.137. The minimum absolute atomic E-state index is 0.00897. The first kappa shape index (κ1) is 14.3. The Morgan fingerprint density at radius 3 is 2.42 bits per heavy atom. The Hall–Kier alpha value is -1.10. The summed E-state index contributed by atoms with van der Waals surface area (Å²) in [6, 6.07) is 0. The fraction of sp³-hybridized carbons (Fsp3) is 0.857. The zero-order valence-electron chi connectivity index (χ0n) is 11.8. The predicted octanol–water partition coefficient (Wildman–Crippen LogP) is 0.551. The van der Waals surface area contributed by atoms with Crippen molar-refractivity contribution < 1.29 is 9.59 Å². The number of amides is 2. The van der Waals surface area contributed by atoms with Crippen LogP contribution >= 0.6 is 0 Å². The molecule has 108 valence electrons. The van der Waals surface area contributed by atoms with E-state index in [-0.39, 0.29) is 17.7 Å². The monoisotopic (exact) mass is 267 g/mol. The maximum Gasteiger partial charge on any atom is 0.245 e. The minimum atomic E-state index is -0.653. The molecular formula is C14H25N3O2. The van der Waals surface area contributed by atoms with Crippen LogP contribution in [0.15, 0.2) is 0 Å². The molecule has 5 nitrogen and oxygen atoms in total. The summed E-state index contributed by atoms with van der Waals surface area (Å²) in [7, 11) is 0. The first-order valence-corrected chi connectivity index (χ1v) is 7.49. The van der Waals surface area contributed by atoms with Gasteiger partial charge in [0.15, 0.2) is 0 Å². The van der Waals surface area contributed by atoms with Crippen LogP contribution in [0.4, 0.5) is 0 Å². The summed E-state index contributed by atoms with van der Waals surface area (Å²) in [6.07, 6.45) is 5.65. The van der Waals surface area contributed by atoms with Crippen molar-refractivity contribution in [3.8, 4) is 0 Å². The Morgan fingerprint density at radius 2 is 1.89 bits per heavy atom. The zero-order chi connectivity index (χ0) is 13.7. The Kier molecular flexibility index (Phi) is 4.80. The van der Waals surface area contributed by atoms with Crippen molar-refractivity contribution in [3.63, 3.8) is 0 Å². The topological polar surface area (TPSA) is 70.2 Å². The van der Waals surface area contributed by atoms with Gasteiger partial charge in [0, 0.05) is 19.6 Å². The molecule has 0 atom stereocenters. The van der Waals surface area contributed by atoms with E-state index in [0.29, 0.717) is 6.54 Å². The molecule has 1 aliphatic carbocycles. The van der Waals surface area contributed by atoms with E-state index in [1.54, 1.807) is 0 Å². The van der Waals surface area contributed by atoms with Crippen molar-refractivity contribution in [2.75, 3.05) is 19.6 Å². The molecule has 0 radical (unpaired) electrons. The normalized spacial score (nSPS) is 22.4. The van der Waals surface area contributed by atoms with Crippen LogP contribution in [0.5, 0.6) is 0 Å². The van der Waals surface area contributed by atoms with Gasteiger partial charge in [0.2, 0.25) is 11.8 Å². The fourth-order valence-electron chi connectivity index (χ4n) is 2.78. The molecule has 5 heteroatoms. The number of carbonyl (C=O) groups is 2. The quantitative estimate of drug-likeness (QED) is 0.681. The standard InChI is InChI=1S/C14H25N3O2/c1-2-8-16-13(19)14(6-4-3-5-7-14)17-12(18)11-9-15-10-11/h11,15H,2-10H2,1H3,(H,16,19)(H,17,18). The van der Waals surface area contributed by atoms with Crippen LogP contribution in [-0.4, -0.2) is 37.0 Å². The van der Waals surface area contributed by atoms with Crippen LogP contribution in [0.1, 0.15) is 45.4 Å². The summed E-state index contributed by atoms with van der Waals surface area (Å²) in [5, 5.41) is 9.10. The number of nitrogens with one attached hydrogen (secondary N) is 3. The minimum Gasteiger partial charge on any atom is -0.354 e. The molecule has 1 saturated carbocycles. The first-order chi connectivity index (χ1) is 9.18. The third-order valence-electron chi connectivity index (χ3n) is 4.19. The van der Waals surface area contributed by atoms with Gasteiger partial charge >= 0.3 is 0 Å². The van der Waals surface area contributed by atoms with Crippen LogP contribution in [0, 0.1) is 5.92 Å². The van der Waals surface area contributed by atoms with E-state index in [1.807, 2.05) is 6.92 Å². The van der Waals surface area contributed by atoms with E-state index in [9.17, 15) is 9.59 Å². The number of carbonyl (C=O) groups excluding carboxylic acids is 2. The molecule has 3 N–H and O–H groups in total. The molecule has 19 heavy (non-hydrogen) atoms. The number of hydrogen-bond acceptors (Lipinski definition) is 3. The lowest BCUT2D eigenvalue weighted by Crippen LogP contribution is -2.63. The van der Waals surface area contributed by atoms with Crippen molar-refractivity contribution in [2.24, 2.45) is 5.92 Å². The van der Waals surface area contributed by atoms with Crippen molar-refractivity contribution >= 4 is 11.8 Å². The number of hydrogen-bond donors (Lipinski definition) is 3. The Balaban J connectivity index is 2.00. The highest BCUT2D eigenvalue weighted by molar-refractivity contribution is 5.92. The Bertz CT molecular complexity index is 334. The second kappa shape index (κ2) is 6.37. The third kappa shape index (κ3) is 3.26. The van der Waals surface area contributed by atoms with Gasteiger partial charge < -0.3 is 16.0 Å². The van der Waals surface area contributed by atoms with Crippen LogP contribution in [0.2, 0.25) is 0 Å². The predicted molar refractivity (Wildman–Crippen MR) is 73.6 cm³/mol. The van der Waals surface area contributed by atoms with E-state index in [0.717, 1.165) is 51.6 Å². The van der Waals surface area contributed by atoms with Crippen LogP contribution in [0.25, 0.3) is 0 Å². The highest BCUT2D eigenvalue weighted by Gasteiger charge is 2.42. The van der Waals surface area contributed by atoms with E-state index in [4.69, 9.17) is 0 Å². The fourth-order valence-corrected chi connectivity index (χ4v) is 2.78. The molecule has 0 aromatic rings. The molecule has 2 amide bonds. The van der Waals surface area contributed by atoms with Crippen LogP contribution in [0.3, 0.4) is 0 Å². The van der Waals surface area contributed by atoms with Crippen LogP contribution in [-0.2, 0) is 9.59 Å². The van der Waals surface area contributed by atoms with Crippen molar-refractivity contribution in [3.05, 3.63) is 0 Å². The zero-order valence-corrected chi connectivity index (χ0v) is 11.8. The van der Waals surface area contributed by atoms with Crippen molar-refractivity contribution in [1.29, 1.82) is 0 Å². The van der Waals surface area contributed by atoms with Crippen LogP contribution < -0.4 is 16.0 Å². The Morgan fingerprint density at radius 1 is 1.21 bits per heavy atom. The molecular weight excluding hydrogens is 242 g/mol. The molecule has 2 fully saturated rings. The van der Waals surface area contributed by atoms with Gasteiger partial charge in [0.05, 0.1) is 5.92 Å². The number of rotatable bonds is 5. The molecule has 0 bridgehead atoms. The lowest BCUT2D eigenvalue weighted by atomic mass is 9.80. The summed E-state index contributed by atoms with van der Waals surface area (Å²) < 4.78 is 0. The maximum atomic E-state index is 12.4. The van der Waals surface area contributed by atoms with E-state index >= 15 is 0 Å². The van der Waals surface area contributed by atoms with Crippen molar-refractivity contribution in [2.45, 2.75) is 51.0 Å². The Labute approximate surface area is 114 Å². The SMILES string of the molecule is CCCNC(=O)C1(NC(=O)C2CNC2)CCCCC1. The average molecular weight is 267 g/mol. The van der Waals surface area contributed by atoms with Gasteiger partial charge in [-0.1, -0.05) is 26.2 Å². The molecule has 0 unspecified atom stereocenters. The molecule has 2 aliphatic rings. The van der Waals surface area contributed by atoms with E-state index in [1.165, 1.54) is 0 Å². The van der Waals surface area contributed by atoms with E-state index < -0.39 is 5.54 Å². The summed E-state index contributed by atoms with van der Waals surface area (Å²) in [5.74, 6) is 0.0831. The van der Waals surface area contributed by atoms with Gasteiger partial charge in [-0.3, -0.25) is 9.59 Å². The molecule has 1 heterocycles. The smallest absolute Gasteiger partial charge is 0.245 e. The molecule has 0 spiro atoms. The van der Waals surface area contributed by atoms with Gasteiger partial charge in [-0.05, 0) is 19.3 Å². The summed E-state index contributed by atoms with van der Waals surface area (Å²) in [5.41, 5.74) is -0.653. The average Bonchev–Trinajstić information content (AvgIpc) is 2.34. The van der Waals surface area contributed by atoms with Gasteiger partial charge in [-0.2, -0.15) is 0 Å². The molecule has 0 aromatic carbocycles. The van der Waals surface area contributed by atoms with Gasteiger partial charge in [-0.25, -0.2) is 0 Å². The third-order valence-corrected chi connectivity index (χ3v) is 4.19. The summed E-state index contributed by atoms with van der Waals surface area (Å²) in [4.78, 5) is 24.5. The van der Waals surface area contributed by atoms with Gasteiger partial charge in [0.1, 0.15) is 5.54 Å². The summed E-state index contributed by atoms with van der Waals surface area (Å²) >= 11 is 0. The van der Waals surface area contributed by atoms with Gasteiger partial charge in [-0.15, -0.1) is 0 Å². The van der Waals surface area contributed by atoms with Crippen molar-refractivity contribution in [1.82, 2.24) is 16.0 Å². The second-order valence-corrected chi connectivity index (χ2v) is 5.74. The highest BCUT2D eigenvalue weighted by Crippen LogP contribution is 2.29. The van der Waals surface area contributed by atoms with E-state index in [2.05, 4.69) is 16.0 Å². The first-order valence-electron chi connectivity index (χ1n) is 7.49. The molecule has 2 rings (SSSR count). The largest absolute Gasteiger partial charge is 0.354 e. The van der Waals surface area contributed by atoms with Gasteiger partial charge in [0.25, 0.3) is 0 Å². The lowest BCUT2D eigenvalue weighted by Gasteiger charge is -2.39. The highest BCUT2D eigenvalue weighted by atomic mass is 16.2. The maximum absolute atomic E-state index is 12.4. The molecule has 1 aliphatic heterocycles. The summed E-state index contributed by atoms with van der Waals surface area (Å²) in [6.45, 7) is 4.19. The second-order valence-electron chi connectivity index (χ2n) is 5.74. The molecule has 1 saturated heterocycles.